The fraction of sp³-hybridized carbons (Fsp3) is 0.800. The van der Waals surface area contributed by atoms with Crippen molar-refractivity contribution in [1.29, 1.82) is 0 Å². The first-order valence-corrected chi connectivity index (χ1v) is 9.71. The zero-order chi connectivity index (χ0) is 20.1. The lowest BCUT2D eigenvalue weighted by atomic mass is 9.78. The summed E-state index contributed by atoms with van der Waals surface area (Å²) in [7, 11) is 0. The van der Waals surface area contributed by atoms with E-state index in [0.29, 0.717) is 12.8 Å². The van der Waals surface area contributed by atoms with Crippen LogP contribution in [0.25, 0.3) is 0 Å². The van der Waals surface area contributed by atoms with Crippen LogP contribution in [0.15, 0.2) is 12.2 Å². The van der Waals surface area contributed by atoms with Crippen LogP contribution >= 0.6 is 0 Å². The minimum absolute atomic E-state index is 0.0585. The Morgan fingerprint density at radius 1 is 1.44 bits per heavy atom. The first-order chi connectivity index (χ1) is 12.5. The summed E-state index contributed by atoms with van der Waals surface area (Å²) in [4.78, 5) is 24.7. The van der Waals surface area contributed by atoms with E-state index < -0.39 is 41.6 Å². The molecule has 0 aliphatic carbocycles. The van der Waals surface area contributed by atoms with E-state index in [0.717, 1.165) is 0 Å². The van der Waals surface area contributed by atoms with Gasteiger partial charge in [0.05, 0.1) is 23.5 Å². The van der Waals surface area contributed by atoms with Crippen molar-refractivity contribution in [2.24, 2.45) is 17.8 Å². The van der Waals surface area contributed by atoms with Gasteiger partial charge in [0.25, 0.3) is 0 Å². The van der Waals surface area contributed by atoms with E-state index >= 15 is 0 Å². The molecule has 7 nitrogen and oxygen atoms in total. The van der Waals surface area contributed by atoms with E-state index in [1.165, 1.54) is 0 Å². The molecule has 152 valence electrons. The minimum Gasteiger partial charge on any atom is -0.461 e. The molecule has 3 aliphatic heterocycles. The van der Waals surface area contributed by atoms with Gasteiger partial charge in [-0.15, -0.1) is 0 Å². The first-order valence-electron chi connectivity index (χ1n) is 9.71. The molecule has 3 saturated heterocycles. The zero-order valence-electron chi connectivity index (χ0n) is 16.4. The van der Waals surface area contributed by atoms with E-state index in [9.17, 15) is 19.8 Å². The maximum atomic E-state index is 12.5. The van der Waals surface area contributed by atoms with Crippen molar-refractivity contribution in [1.82, 2.24) is 0 Å². The van der Waals surface area contributed by atoms with Gasteiger partial charge in [-0.05, 0) is 19.8 Å². The van der Waals surface area contributed by atoms with Gasteiger partial charge in [0.2, 0.25) is 0 Å². The normalized spacial score (nSPS) is 45.3. The predicted molar refractivity (Wildman–Crippen MR) is 95.3 cm³/mol. The van der Waals surface area contributed by atoms with E-state index in [-0.39, 0.29) is 36.2 Å². The van der Waals surface area contributed by atoms with Gasteiger partial charge in [-0.2, -0.15) is 0 Å². The van der Waals surface area contributed by atoms with Crippen LogP contribution in [0.1, 0.15) is 53.4 Å². The Labute approximate surface area is 159 Å². The van der Waals surface area contributed by atoms with Crippen molar-refractivity contribution in [2.75, 3.05) is 0 Å². The summed E-state index contributed by atoms with van der Waals surface area (Å²) in [6.45, 7) is 11.0. The van der Waals surface area contributed by atoms with Gasteiger partial charge in [0, 0.05) is 24.3 Å². The lowest BCUT2D eigenvalue weighted by Crippen LogP contribution is -2.45. The van der Waals surface area contributed by atoms with Crippen LogP contribution in [-0.2, 0) is 23.8 Å². The molecule has 7 heteroatoms. The minimum atomic E-state index is -1.52. The first kappa shape index (κ1) is 20.3. The largest absolute Gasteiger partial charge is 0.461 e. The second-order valence-electron chi connectivity index (χ2n) is 8.60. The van der Waals surface area contributed by atoms with Crippen molar-refractivity contribution in [3.63, 3.8) is 0 Å². The summed E-state index contributed by atoms with van der Waals surface area (Å²) < 4.78 is 17.2. The number of aliphatic hydroxyl groups is 2. The monoisotopic (exact) mass is 382 g/mol. The molecule has 0 spiro atoms. The van der Waals surface area contributed by atoms with E-state index in [1.54, 1.807) is 20.8 Å². The summed E-state index contributed by atoms with van der Waals surface area (Å²) in [6.07, 6.45) is -1.05. The molecule has 0 radical (unpaired) electrons. The molecule has 3 aliphatic rings. The van der Waals surface area contributed by atoms with Crippen LogP contribution in [0, 0.1) is 17.8 Å². The molecule has 2 N–H and O–H groups in total. The molecule has 0 aromatic rings. The van der Waals surface area contributed by atoms with Gasteiger partial charge < -0.3 is 24.4 Å². The molecule has 2 bridgehead atoms. The number of carbonyl (C=O) groups excluding carboxylic acids is 2. The van der Waals surface area contributed by atoms with Crippen molar-refractivity contribution in [3.05, 3.63) is 12.2 Å². The Morgan fingerprint density at radius 2 is 2.11 bits per heavy atom. The molecule has 3 rings (SSSR count). The molecular weight excluding hydrogens is 352 g/mol. The van der Waals surface area contributed by atoms with Crippen LogP contribution in [-0.4, -0.2) is 51.9 Å². The number of hydrogen-bond acceptors (Lipinski definition) is 7. The Bertz CT molecular complexity index is 646. The van der Waals surface area contributed by atoms with Gasteiger partial charge in [-0.1, -0.05) is 27.4 Å². The number of ether oxygens (including phenoxy) is 3. The van der Waals surface area contributed by atoms with Gasteiger partial charge in [0.1, 0.15) is 12.2 Å². The summed E-state index contributed by atoms with van der Waals surface area (Å²) in [5.74, 6) is -3.60. The molecule has 8 atom stereocenters. The smallest absolute Gasteiger partial charge is 0.334 e. The van der Waals surface area contributed by atoms with Gasteiger partial charge >= 0.3 is 11.9 Å². The van der Waals surface area contributed by atoms with Crippen LogP contribution in [0.2, 0.25) is 0 Å². The highest BCUT2D eigenvalue weighted by atomic mass is 16.7. The second kappa shape index (κ2) is 6.87. The third-order valence-electron chi connectivity index (χ3n) is 6.57. The average Bonchev–Trinajstić information content (AvgIpc) is 2.99. The lowest BCUT2D eigenvalue weighted by molar-refractivity contribution is -0.253. The maximum absolute atomic E-state index is 12.5. The summed E-state index contributed by atoms with van der Waals surface area (Å²) in [6, 6.07) is 0. The third kappa shape index (κ3) is 3.41. The summed E-state index contributed by atoms with van der Waals surface area (Å²) in [5.41, 5.74) is -0.846. The van der Waals surface area contributed by atoms with Crippen LogP contribution in [0.4, 0.5) is 0 Å². The number of aliphatic hydroxyl groups excluding tert-OH is 1. The fourth-order valence-electron chi connectivity index (χ4n) is 4.40. The molecule has 0 aromatic carbocycles. The van der Waals surface area contributed by atoms with Crippen molar-refractivity contribution < 1.29 is 34.0 Å². The fourth-order valence-corrected chi connectivity index (χ4v) is 4.40. The molecular formula is C20H30O7. The molecule has 27 heavy (non-hydrogen) atoms. The molecule has 3 fully saturated rings. The molecule has 1 unspecified atom stereocenters. The van der Waals surface area contributed by atoms with Crippen molar-refractivity contribution in [3.8, 4) is 0 Å². The second-order valence-corrected chi connectivity index (χ2v) is 8.60. The molecule has 0 amide bonds. The number of hydrogen-bond donors (Lipinski definition) is 2. The highest BCUT2D eigenvalue weighted by Crippen LogP contribution is 2.49. The van der Waals surface area contributed by atoms with E-state index in [1.807, 2.05) is 6.92 Å². The lowest BCUT2D eigenvalue weighted by Gasteiger charge is -2.34. The van der Waals surface area contributed by atoms with Crippen molar-refractivity contribution in [2.45, 2.75) is 83.1 Å². The maximum Gasteiger partial charge on any atom is 0.334 e. The number of fused-ring (bicyclic) bond motifs is 3. The standard InChI is InChI=1S/C20H30O7/c1-6-10(2)17(22)26-14-8-19(5)15(21)9-20(24,27-19)11(3)7-13-16(14)12(4)18(23)25-13/h10-11,13-16,21,24H,4,6-9H2,1-3,5H3/t10-,11-,13+,14+,15-,16-,19+,20?/m0/s1. The molecule has 0 aromatic heterocycles. The van der Waals surface area contributed by atoms with Crippen LogP contribution < -0.4 is 0 Å². The Morgan fingerprint density at radius 3 is 2.74 bits per heavy atom. The summed E-state index contributed by atoms with van der Waals surface area (Å²) in [5, 5.41) is 21.6. The zero-order valence-corrected chi connectivity index (χ0v) is 16.4. The Hall–Kier alpha value is -1.44. The number of esters is 2. The van der Waals surface area contributed by atoms with Crippen LogP contribution in [0.3, 0.4) is 0 Å². The topological polar surface area (TPSA) is 102 Å². The third-order valence-corrected chi connectivity index (χ3v) is 6.57. The van der Waals surface area contributed by atoms with E-state index in [4.69, 9.17) is 14.2 Å². The Kier molecular flexibility index (Phi) is 5.16. The number of rotatable bonds is 3. The van der Waals surface area contributed by atoms with Crippen molar-refractivity contribution >= 4 is 11.9 Å². The Balaban J connectivity index is 1.99. The van der Waals surface area contributed by atoms with E-state index in [2.05, 4.69) is 6.58 Å². The number of carbonyl (C=O) groups is 2. The molecule has 0 saturated carbocycles. The highest BCUT2D eigenvalue weighted by Gasteiger charge is 2.60. The van der Waals surface area contributed by atoms with Gasteiger partial charge in [-0.25, -0.2) is 4.79 Å². The summed E-state index contributed by atoms with van der Waals surface area (Å²) >= 11 is 0. The van der Waals surface area contributed by atoms with Crippen LogP contribution in [0.5, 0.6) is 0 Å². The highest BCUT2D eigenvalue weighted by molar-refractivity contribution is 5.91. The SMILES string of the molecule is C=C1C(=O)O[C@@H]2C[C@H](C)C3(O)C[C@H](O)[C@@](C)(C[C@@H](OC(=O)[C@@H](C)CC)[C@@H]12)O3. The quantitative estimate of drug-likeness (QED) is 0.566. The van der Waals surface area contributed by atoms with Gasteiger partial charge in [0.15, 0.2) is 5.79 Å². The van der Waals surface area contributed by atoms with Gasteiger partial charge in [-0.3, -0.25) is 4.79 Å². The molecule has 3 heterocycles. The predicted octanol–water partition coefficient (Wildman–Crippen LogP) is 1.70. The average molecular weight is 382 g/mol.